The molecule has 0 aliphatic heterocycles. The molecule has 0 atom stereocenters. The molecule has 1 amide bonds. The highest BCUT2D eigenvalue weighted by Gasteiger charge is 2.30. The van der Waals surface area contributed by atoms with Gasteiger partial charge in [0.2, 0.25) is 5.91 Å². The van der Waals surface area contributed by atoms with E-state index in [4.69, 9.17) is 4.74 Å². The van der Waals surface area contributed by atoms with E-state index in [0.717, 1.165) is 11.1 Å². The molecular weight excluding hydrogens is 282 g/mol. The van der Waals surface area contributed by atoms with E-state index < -0.39 is 11.5 Å². The highest BCUT2D eigenvalue weighted by molar-refractivity contribution is 5.88. The summed E-state index contributed by atoms with van der Waals surface area (Å²) >= 11 is 0. The largest absolute Gasteiger partial charge is 0.464 e. The van der Waals surface area contributed by atoms with Gasteiger partial charge in [0, 0.05) is 6.42 Å². The number of Topliss-reactive ketones (excluding diaryl/α,β-unsaturated/α-hetero) is 1. The molecule has 0 unspecified atom stereocenters. The Morgan fingerprint density at radius 1 is 1.09 bits per heavy atom. The van der Waals surface area contributed by atoms with Crippen LogP contribution in [0.25, 0.3) is 0 Å². The van der Waals surface area contributed by atoms with Crippen LogP contribution in [0.4, 0.5) is 0 Å². The number of carbonyl (C=O) groups is 3. The third-order valence-corrected chi connectivity index (χ3v) is 3.15. The van der Waals surface area contributed by atoms with Crippen LogP contribution in [0.2, 0.25) is 0 Å². The normalized spacial score (nSPS) is 10.9. The molecule has 0 radical (unpaired) electrons. The zero-order chi connectivity index (χ0) is 16.8. The van der Waals surface area contributed by atoms with Gasteiger partial charge in [-0.15, -0.1) is 0 Å². The maximum absolute atomic E-state index is 12.2. The zero-order valence-electron chi connectivity index (χ0n) is 13.6. The summed E-state index contributed by atoms with van der Waals surface area (Å²) in [6, 6.07) is 7.31. The number of ether oxygens (including phenoxy) is 1. The SMILES string of the molecule is CCOC(=O)C(C)(C)NC(=O)Cc1ccccc1CC(C)=O. The van der Waals surface area contributed by atoms with Crippen molar-refractivity contribution in [2.24, 2.45) is 0 Å². The van der Waals surface area contributed by atoms with Gasteiger partial charge in [-0.05, 0) is 38.8 Å². The summed E-state index contributed by atoms with van der Waals surface area (Å²) in [6.07, 6.45) is 0.414. The van der Waals surface area contributed by atoms with Crippen molar-refractivity contribution < 1.29 is 19.1 Å². The second-order valence-electron chi connectivity index (χ2n) is 5.72. The summed E-state index contributed by atoms with van der Waals surface area (Å²) in [5, 5.41) is 2.67. The molecule has 0 spiro atoms. The van der Waals surface area contributed by atoms with E-state index in [1.807, 2.05) is 24.3 Å². The van der Waals surface area contributed by atoms with E-state index in [1.165, 1.54) is 6.92 Å². The predicted octanol–water partition coefficient (Wildman–Crippen LogP) is 1.82. The Bertz CT molecular complexity index is 564. The van der Waals surface area contributed by atoms with Gasteiger partial charge in [0.15, 0.2) is 0 Å². The second kappa shape index (κ2) is 7.73. The zero-order valence-corrected chi connectivity index (χ0v) is 13.6. The van der Waals surface area contributed by atoms with Crippen molar-refractivity contribution in [1.29, 1.82) is 0 Å². The van der Waals surface area contributed by atoms with Crippen LogP contribution in [-0.4, -0.2) is 29.8 Å². The van der Waals surface area contributed by atoms with Crippen molar-refractivity contribution in [2.75, 3.05) is 6.61 Å². The topological polar surface area (TPSA) is 72.5 Å². The molecule has 5 heteroatoms. The summed E-state index contributed by atoms with van der Waals surface area (Å²) in [7, 11) is 0. The van der Waals surface area contributed by atoms with Gasteiger partial charge >= 0.3 is 5.97 Å². The van der Waals surface area contributed by atoms with Gasteiger partial charge in [0.05, 0.1) is 13.0 Å². The Hall–Kier alpha value is -2.17. The number of amides is 1. The highest BCUT2D eigenvalue weighted by Crippen LogP contribution is 2.12. The van der Waals surface area contributed by atoms with Crippen LogP contribution in [0, 0.1) is 0 Å². The van der Waals surface area contributed by atoms with Gasteiger partial charge < -0.3 is 10.1 Å². The first-order chi connectivity index (χ1) is 10.3. The lowest BCUT2D eigenvalue weighted by atomic mass is 9.99. The lowest BCUT2D eigenvalue weighted by Crippen LogP contribution is -2.51. The molecule has 1 aromatic rings. The minimum absolute atomic E-state index is 0.0414. The molecule has 0 aliphatic carbocycles. The van der Waals surface area contributed by atoms with Gasteiger partial charge in [-0.3, -0.25) is 9.59 Å². The molecular formula is C17H23NO4. The summed E-state index contributed by atoms with van der Waals surface area (Å²) in [5.74, 6) is -0.714. The first-order valence-electron chi connectivity index (χ1n) is 7.30. The predicted molar refractivity (Wildman–Crippen MR) is 83.4 cm³/mol. The molecule has 0 bridgehead atoms. The number of ketones is 1. The number of rotatable bonds is 7. The van der Waals surface area contributed by atoms with Crippen molar-refractivity contribution >= 4 is 17.7 Å². The van der Waals surface area contributed by atoms with E-state index in [0.29, 0.717) is 6.42 Å². The molecule has 0 saturated heterocycles. The first kappa shape index (κ1) is 17.9. The smallest absolute Gasteiger partial charge is 0.331 e. The lowest BCUT2D eigenvalue weighted by Gasteiger charge is -2.24. The van der Waals surface area contributed by atoms with E-state index in [-0.39, 0.29) is 24.7 Å². The molecule has 0 saturated carbocycles. The van der Waals surface area contributed by atoms with Crippen molar-refractivity contribution in [3.63, 3.8) is 0 Å². The minimum atomic E-state index is -1.08. The fourth-order valence-corrected chi connectivity index (χ4v) is 2.10. The molecule has 0 heterocycles. The summed E-state index contributed by atoms with van der Waals surface area (Å²) < 4.78 is 4.94. The van der Waals surface area contributed by atoms with Crippen molar-refractivity contribution in [2.45, 2.75) is 46.1 Å². The molecule has 1 aromatic carbocycles. The fourth-order valence-electron chi connectivity index (χ4n) is 2.10. The van der Waals surface area contributed by atoms with Crippen LogP contribution in [-0.2, 0) is 32.0 Å². The Kier molecular flexibility index (Phi) is 6.28. The van der Waals surface area contributed by atoms with Crippen LogP contribution in [0.1, 0.15) is 38.8 Å². The van der Waals surface area contributed by atoms with Gasteiger partial charge in [-0.25, -0.2) is 4.79 Å². The number of benzene rings is 1. The molecule has 22 heavy (non-hydrogen) atoms. The van der Waals surface area contributed by atoms with Crippen LogP contribution in [0.15, 0.2) is 24.3 Å². The fraction of sp³-hybridized carbons (Fsp3) is 0.471. The number of hydrogen-bond acceptors (Lipinski definition) is 4. The second-order valence-corrected chi connectivity index (χ2v) is 5.72. The molecule has 0 aliphatic rings. The maximum atomic E-state index is 12.2. The monoisotopic (exact) mass is 305 g/mol. The summed E-state index contributed by atoms with van der Waals surface area (Å²) in [6.45, 7) is 6.70. The number of carbonyl (C=O) groups excluding carboxylic acids is 3. The minimum Gasteiger partial charge on any atom is -0.464 e. The van der Waals surface area contributed by atoms with E-state index in [9.17, 15) is 14.4 Å². The van der Waals surface area contributed by atoms with Crippen LogP contribution in [0.5, 0.6) is 0 Å². The van der Waals surface area contributed by atoms with E-state index >= 15 is 0 Å². The quantitative estimate of drug-likeness (QED) is 0.780. The van der Waals surface area contributed by atoms with Crippen LogP contribution < -0.4 is 5.32 Å². The molecule has 5 nitrogen and oxygen atoms in total. The Morgan fingerprint density at radius 2 is 1.64 bits per heavy atom. The molecule has 1 N–H and O–H groups in total. The Morgan fingerprint density at radius 3 is 2.14 bits per heavy atom. The van der Waals surface area contributed by atoms with E-state index in [2.05, 4.69) is 5.32 Å². The van der Waals surface area contributed by atoms with E-state index in [1.54, 1.807) is 20.8 Å². The average molecular weight is 305 g/mol. The molecule has 120 valence electrons. The number of esters is 1. The summed E-state index contributed by atoms with van der Waals surface area (Å²) in [4.78, 5) is 35.2. The molecule has 0 aromatic heterocycles. The van der Waals surface area contributed by atoms with Gasteiger partial charge in [-0.2, -0.15) is 0 Å². The van der Waals surface area contributed by atoms with Crippen molar-refractivity contribution in [1.82, 2.24) is 5.32 Å². The third kappa shape index (κ3) is 5.31. The Balaban J connectivity index is 2.77. The summed E-state index contributed by atoms with van der Waals surface area (Å²) in [5.41, 5.74) is 0.539. The van der Waals surface area contributed by atoms with Crippen LogP contribution >= 0.6 is 0 Å². The first-order valence-corrected chi connectivity index (χ1v) is 7.30. The third-order valence-electron chi connectivity index (χ3n) is 3.15. The Labute approximate surface area is 131 Å². The van der Waals surface area contributed by atoms with Gasteiger partial charge in [0.1, 0.15) is 11.3 Å². The lowest BCUT2D eigenvalue weighted by molar-refractivity contribution is -0.151. The van der Waals surface area contributed by atoms with Gasteiger partial charge in [0.25, 0.3) is 0 Å². The standard InChI is InChI=1S/C17H23NO4/c1-5-22-16(21)17(3,4)18-15(20)11-14-9-7-6-8-13(14)10-12(2)19/h6-9H,5,10-11H2,1-4H3,(H,18,20). The van der Waals surface area contributed by atoms with Crippen molar-refractivity contribution in [3.8, 4) is 0 Å². The number of nitrogens with one attached hydrogen (secondary N) is 1. The van der Waals surface area contributed by atoms with Gasteiger partial charge in [-0.1, -0.05) is 24.3 Å². The average Bonchev–Trinajstić information content (AvgIpc) is 2.40. The maximum Gasteiger partial charge on any atom is 0.331 e. The molecule has 1 rings (SSSR count). The number of hydrogen-bond donors (Lipinski definition) is 1. The van der Waals surface area contributed by atoms with Crippen molar-refractivity contribution in [3.05, 3.63) is 35.4 Å². The highest BCUT2D eigenvalue weighted by atomic mass is 16.5. The van der Waals surface area contributed by atoms with Crippen LogP contribution in [0.3, 0.4) is 0 Å². The molecule has 0 fully saturated rings.